The molecule has 1 fully saturated rings. The van der Waals surface area contributed by atoms with E-state index in [-0.39, 0.29) is 24.6 Å². The van der Waals surface area contributed by atoms with Crippen molar-refractivity contribution in [2.24, 2.45) is 0 Å². The highest BCUT2D eigenvalue weighted by molar-refractivity contribution is 6.33. The number of ether oxygens (including phenoxy) is 4. The molecule has 2 heterocycles. The van der Waals surface area contributed by atoms with Crippen LogP contribution >= 0.6 is 11.6 Å². The van der Waals surface area contributed by atoms with Crippen LogP contribution in [-0.4, -0.2) is 54.4 Å². The lowest BCUT2D eigenvalue weighted by atomic mass is 9.87. The number of carbonyl (C=O) groups excluding carboxylic acids is 1. The first kappa shape index (κ1) is 23.8. The smallest absolute Gasteiger partial charge is 0.220 e. The van der Waals surface area contributed by atoms with Gasteiger partial charge in [0, 0.05) is 24.1 Å². The van der Waals surface area contributed by atoms with Crippen molar-refractivity contribution >= 4 is 17.5 Å². The van der Waals surface area contributed by atoms with Gasteiger partial charge in [0.15, 0.2) is 29.0 Å². The van der Waals surface area contributed by atoms with Gasteiger partial charge in [-0.05, 0) is 38.3 Å². The molecule has 2 N–H and O–H groups in total. The van der Waals surface area contributed by atoms with Crippen LogP contribution in [0.4, 0.5) is 0 Å². The molecule has 1 spiro atoms. The average Bonchev–Trinajstić information content (AvgIpc) is 3.29. The van der Waals surface area contributed by atoms with Crippen LogP contribution in [0.1, 0.15) is 32.3 Å². The number of fused-ring (bicyclic) bond motifs is 5. The van der Waals surface area contributed by atoms with Gasteiger partial charge in [0.2, 0.25) is 5.91 Å². The molecular formula is C27H26ClNO6. The first-order valence-electron chi connectivity index (χ1n) is 11.5. The minimum Gasteiger partial charge on any atom is -0.493 e. The second kappa shape index (κ2) is 8.93. The fraction of sp³-hybridized carbons (Fsp3) is 0.444. The van der Waals surface area contributed by atoms with Gasteiger partial charge in [0.1, 0.15) is 12.2 Å². The van der Waals surface area contributed by atoms with Crippen LogP contribution < -0.4 is 14.8 Å². The number of methoxy groups -OCH3 is 1. The summed E-state index contributed by atoms with van der Waals surface area (Å²) in [5, 5.41) is 14.0. The van der Waals surface area contributed by atoms with E-state index in [1.807, 2.05) is 26.0 Å². The molecule has 7 nitrogen and oxygen atoms in total. The molecule has 5 rings (SSSR count). The summed E-state index contributed by atoms with van der Waals surface area (Å²) in [4.78, 5) is 12.4. The highest BCUT2D eigenvalue weighted by Crippen LogP contribution is 2.51. The van der Waals surface area contributed by atoms with Gasteiger partial charge in [-0.25, -0.2) is 0 Å². The molecule has 4 aliphatic rings. The molecule has 0 unspecified atom stereocenters. The number of halogens is 1. The molecule has 1 amide bonds. The molecule has 0 radical (unpaired) electrons. The van der Waals surface area contributed by atoms with E-state index in [1.165, 1.54) is 7.11 Å². The minimum absolute atomic E-state index is 0.151. The van der Waals surface area contributed by atoms with E-state index < -0.39 is 29.7 Å². The van der Waals surface area contributed by atoms with E-state index in [9.17, 15) is 9.90 Å². The molecule has 2 aliphatic carbocycles. The van der Waals surface area contributed by atoms with Gasteiger partial charge < -0.3 is 29.4 Å². The predicted octanol–water partition coefficient (Wildman–Crippen LogP) is 2.69. The zero-order chi connectivity index (χ0) is 24.8. The lowest BCUT2D eigenvalue weighted by molar-refractivity contribution is -0.166. The van der Waals surface area contributed by atoms with Gasteiger partial charge in [-0.1, -0.05) is 53.5 Å². The molecule has 2 aliphatic heterocycles. The Morgan fingerprint density at radius 2 is 2.03 bits per heavy atom. The Labute approximate surface area is 209 Å². The molecule has 1 aromatic rings. The quantitative estimate of drug-likeness (QED) is 0.583. The van der Waals surface area contributed by atoms with Gasteiger partial charge >= 0.3 is 0 Å². The number of hydrogen-bond donors (Lipinski definition) is 2. The zero-order valence-electron chi connectivity index (χ0n) is 19.7. The maximum absolute atomic E-state index is 12.4. The van der Waals surface area contributed by atoms with Crippen LogP contribution in [0.25, 0.3) is 0 Å². The molecule has 1 aromatic carbocycles. The maximum atomic E-state index is 12.4. The van der Waals surface area contributed by atoms with Crippen molar-refractivity contribution in [2.75, 3.05) is 13.7 Å². The second-order valence-corrected chi connectivity index (χ2v) is 9.61. The molecule has 0 saturated carbocycles. The first-order chi connectivity index (χ1) is 16.7. The van der Waals surface area contributed by atoms with Crippen molar-refractivity contribution in [3.8, 4) is 35.2 Å². The third kappa shape index (κ3) is 4.20. The molecule has 8 heteroatoms. The van der Waals surface area contributed by atoms with Crippen LogP contribution in [0.15, 0.2) is 35.4 Å². The van der Waals surface area contributed by atoms with Crippen LogP contribution in [0.2, 0.25) is 5.02 Å². The Hall–Kier alpha value is -2.94. The van der Waals surface area contributed by atoms with Gasteiger partial charge in [0.05, 0.1) is 12.1 Å². The number of amides is 1. The lowest BCUT2D eigenvalue weighted by Gasteiger charge is -2.35. The standard InChI is InChI=1S/C27H26ClNO6/c1-26(2)34-22-11-8-18-7-4-16-14-15-29-23(31)13-6-17-5-10-20(32-3)25(24(17)28)33-21(12-9-19(16)30)27(18,22)35-26/h5,8,10,14,19,21-22,30H,6,11,13,15H2,1-3H3,(H,29,31)/b16-14+/t19-,21+,22+,27+/m0/s1. The number of rotatable bonds is 1. The summed E-state index contributed by atoms with van der Waals surface area (Å²) in [5.41, 5.74) is 0.660. The molecule has 0 aromatic heterocycles. The second-order valence-electron chi connectivity index (χ2n) is 9.23. The Morgan fingerprint density at radius 1 is 1.20 bits per heavy atom. The highest BCUT2D eigenvalue weighted by atomic mass is 35.5. The van der Waals surface area contributed by atoms with E-state index in [0.29, 0.717) is 34.8 Å². The number of aliphatic hydroxyl groups is 1. The van der Waals surface area contributed by atoms with Crippen LogP contribution in [-0.2, 0) is 20.7 Å². The van der Waals surface area contributed by atoms with Gasteiger partial charge in [0.25, 0.3) is 0 Å². The van der Waals surface area contributed by atoms with Crippen molar-refractivity contribution in [3.63, 3.8) is 0 Å². The maximum Gasteiger partial charge on any atom is 0.220 e. The Balaban J connectivity index is 1.73. The minimum atomic E-state index is -1.18. The van der Waals surface area contributed by atoms with Crippen molar-refractivity contribution in [1.82, 2.24) is 5.32 Å². The average molecular weight is 496 g/mol. The highest BCUT2D eigenvalue weighted by Gasteiger charge is 2.63. The fourth-order valence-electron chi connectivity index (χ4n) is 4.87. The van der Waals surface area contributed by atoms with Crippen molar-refractivity contribution < 1.29 is 28.8 Å². The molecule has 4 atom stereocenters. The summed E-state index contributed by atoms with van der Waals surface area (Å²) < 4.78 is 24.8. The summed E-state index contributed by atoms with van der Waals surface area (Å²) in [6.07, 6.45) is 2.35. The van der Waals surface area contributed by atoms with Crippen LogP contribution in [0, 0.1) is 23.7 Å². The fourth-order valence-corrected chi connectivity index (χ4v) is 5.17. The first-order valence-corrected chi connectivity index (χ1v) is 11.9. The number of nitrogens with one attached hydrogen (secondary N) is 1. The molecule has 1 saturated heterocycles. The molecular weight excluding hydrogens is 470 g/mol. The zero-order valence-corrected chi connectivity index (χ0v) is 20.5. The number of hydrogen-bond acceptors (Lipinski definition) is 6. The van der Waals surface area contributed by atoms with E-state index in [0.717, 1.165) is 5.56 Å². The summed E-state index contributed by atoms with van der Waals surface area (Å²) in [5.74, 6) is 11.8. The molecule has 35 heavy (non-hydrogen) atoms. The third-order valence-corrected chi connectivity index (χ3v) is 6.91. The van der Waals surface area contributed by atoms with E-state index in [4.69, 9.17) is 30.5 Å². The van der Waals surface area contributed by atoms with Crippen LogP contribution in [0.3, 0.4) is 0 Å². The Bertz CT molecular complexity index is 1260. The predicted molar refractivity (Wildman–Crippen MR) is 129 cm³/mol. The topological polar surface area (TPSA) is 86.2 Å². The monoisotopic (exact) mass is 495 g/mol. The normalized spacial score (nSPS) is 32.1. The third-order valence-electron chi connectivity index (χ3n) is 6.49. The lowest BCUT2D eigenvalue weighted by Crippen LogP contribution is -2.52. The van der Waals surface area contributed by atoms with E-state index in [1.54, 1.807) is 12.1 Å². The van der Waals surface area contributed by atoms with Crippen molar-refractivity contribution in [3.05, 3.63) is 46.0 Å². The number of benzene rings is 1. The van der Waals surface area contributed by atoms with Gasteiger partial charge in [-0.2, -0.15) is 0 Å². The number of carbonyl (C=O) groups is 1. The summed E-state index contributed by atoms with van der Waals surface area (Å²) >= 11 is 6.79. The van der Waals surface area contributed by atoms with Gasteiger partial charge in [-0.3, -0.25) is 4.79 Å². The molecule has 4 bridgehead atoms. The van der Waals surface area contributed by atoms with Gasteiger partial charge in [-0.15, -0.1) is 0 Å². The Kier molecular flexibility index (Phi) is 6.07. The van der Waals surface area contributed by atoms with Crippen LogP contribution in [0.5, 0.6) is 11.5 Å². The van der Waals surface area contributed by atoms with E-state index >= 15 is 0 Å². The molecule has 182 valence electrons. The van der Waals surface area contributed by atoms with Crippen molar-refractivity contribution in [1.29, 1.82) is 0 Å². The SMILES string of the molecule is COc1ccc2c(Cl)c1O[C@@H]1C#C[C@H](O)/C(=C/CNC(=O)CC2)C#CC2=CC[C@H]3OC(C)(C)O[C@]213. The van der Waals surface area contributed by atoms with Crippen molar-refractivity contribution in [2.45, 2.75) is 62.8 Å². The largest absolute Gasteiger partial charge is 0.493 e. The summed E-state index contributed by atoms with van der Waals surface area (Å²) in [6, 6.07) is 3.57. The Morgan fingerprint density at radius 3 is 2.83 bits per heavy atom. The van der Waals surface area contributed by atoms with E-state index in [2.05, 4.69) is 29.0 Å². The summed E-state index contributed by atoms with van der Waals surface area (Å²) in [7, 11) is 1.52. The number of aliphatic hydroxyl groups excluding tert-OH is 1. The summed E-state index contributed by atoms with van der Waals surface area (Å²) in [6.45, 7) is 3.89. The number of aryl methyl sites for hydroxylation is 1.